The van der Waals surface area contributed by atoms with Crippen LogP contribution in [0.15, 0.2) is 46.9 Å². The van der Waals surface area contributed by atoms with Crippen LogP contribution in [0.2, 0.25) is 0 Å². The molecule has 1 aromatic heterocycles. The van der Waals surface area contributed by atoms with Crippen LogP contribution in [0.25, 0.3) is 22.6 Å². The van der Waals surface area contributed by atoms with E-state index < -0.39 is 0 Å². The van der Waals surface area contributed by atoms with Crippen LogP contribution in [0, 0.1) is 6.92 Å². The molecule has 3 rings (SSSR count). The monoisotopic (exact) mass is 265 g/mol. The first kappa shape index (κ1) is 12.9. The summed E-state index contributed by atoms with van der Waals surface area (Å²) in [6.45, 7) is 8.69. The zero-order chi connectivity index (χ0) is 14.3. The van der Waals surface area contributed by atoms with Gasteiger partial charge in [-0.1, -0.05) is 45.0 Å². The molecule has 0 aliphatic rings. The Labute approximate surface area is 119 Å². The first-order valence-corrected chi connectivity index (χ1v) is 6.92. The van der Waals surface area contributed by atoms with Gasteiger partial charge in [-0.15, -0.1) is 0 Å². The summed E-state index contributed by atoms with van der Waals surface area (Å²) < 4.78 is 5.89. The van der Waals surface area contributed by atoms with Gasteiger partial charge in [-0.3, -0.25) is 0 Å². The Balaban J connectivity index is 2.14. The van der Waals surface area contributed by atoms with E-state index in [2.05, 4.69) is 50.9 Å². The normalized spacial score (nSPS) is 12.0. The maximum atomic E-state index is 5.89. The van der Waals surface area contributed by atoms with Crippen molar-refractivity contribution >= 4 is 11.1 Å². The van der Waals surface area contributed by atoms with Crippen LogP contribution in [0.3, 0.4) is 0 Å². The van der Waals surface area contributed by atoms with Crippen LogP contribution in [-0.4, -0.2) is 4.98 Å². The van der Waals surface area contributed by atoms with Crippen LogP contribution in [0.4, 0.5) is 0 Å². The minimum atomic E-state index is 0.121. The van der Waals surface area contributed by atoms with E-state index in [4.69, 9.17) is 4.42 Å². The van der Waals surface area contributed by atoms with Crippen LogP contribution >= 0.6 is 0 Å². The van der Waals surface area contributed by atoms with Gasteiger partial charge in [0.15, 0.2) is 5.58 Å². The molecule has 0 amide bonds. The Morgan fingerprint density at radius 1 is 1.00 bits per heavy atom. The van der Waals surface area contributed by atoms with Gasteiger partial charge >= 0.3 is 0 Å². The van der Waals surface area contributed by atoms with Crippen molar-refractivity contribution in [3.8, 4) is 11.5 Å². The summed E-state index contributed by atoms with van der Waals surface area (Å²) in [5.41, 5.74) is 5.40. The zero-order valence-electron chi connectivity index (χ0n) is 12.4. The fourth-order valence-electron chi connectivity index (χ4n) is 2.32. The summed E-state index contributed by atoms with van der Waals surface area (Å²) in [6.07, 6.45) is 0. The summed E-state index contributed by atoms with van der Waals surface area (Å²) in [6, 6.07) is 14.4. The molecule has 0 spiro atoms. The number of nitrogens with zero attached hydrogens (tertiary/aromatic N) is 1. The maximum Gasteiger partial charge on any atom is 0.227 e. The lowest BCUT2D eigenvalue weighted by Crippen LogP contribution is -2.10. The summed E-state index contributed by atoms with van der Waals surface area (Å²) in [5, 5.41) is 0. The van der Waals surface area contributed by atoms with Gasteiger partial charge in [-0.05, 0) is 41.7 Å². The lowest BCUT2D eigenvalue weighted by atomic mass is 9.87. The molecular formula is C18H19NO. The van der Waals surface area contributed by atoms with E-state index in [1.807, 2.05) is 24.3 Å². The second-order valence-electron chi connectivity index (χ2n) is 6.27. The van der Waals surface area contributed by atoms with Crippen molar-refractivity contribution in [2.75, 3.05) is 0 Å². The summed E-state index contributed by atoms with van der Waals surface area (Å²) in [4.78, 5) is 4.65. The molecule has 0 saturated carbocycles. The Morgan fingerprint density at radius 3 is 2.45 bits per heavy atom. The molecule has 3 aromatic rings. The SMILES string of the molecule is Cc1ccccc1-c1nc2cc(C(C)(C)C)ccc2o1. The molecule has 102 valence electrons. The fourth-order valence-corrected chi connectivity index (χ4v) is 2.32. The fraction of sp³-hybridized carbons (Fsp3) is 0.278. The smallest absolute Gasteiger partial charge is 0.227 e. The van der Waals surface area contributed by atoms with Crippen molar-refractivity contribution in [1.29, 1.82) is 0 Å². The van der Waals surface area contributed by atoms with Crippen LogP contribution in [0.1, 0.15) is 31.9 Å². The molecule has 0 aliphatic heterocycles. The van der Waals surface area contributed by atoms with Crippen molar-refractivity contribution in [3.05, 3.63) is 53.6 Å². The van der Waals surface area contributed by atoms with Gasteiger partial charge in [0.2, 0.25) is 5.89 Å². The average molecular weight is 265 g/mol. The Kier molecular flexibility index (Phi) is 2.89. The largest absolute Gasteiger partial charge is 0.436 e. The van der Waals surface area contributed by atoms with E-state index in [1.165, 1.54) is 11.1 Å². The number of benzene rings is 2. The third-order valence-corrected chi connectivity index (χ3v) is 3.63. The lowest BCUT2D eigenvalue weighted by Gasteiger charge is -2.18. The van der Waals surface area contributed by atoms with E-state index in [9.17, 15) is 0 Å². The minimum Gasteiger partial charge on any atom is -0.436 e. The van der Waals surface area contributed by atoms with Gasteiger partial charge in [0.1, 0.15) is 5.52 Å². The topological polar surface area (TPSA) is 26.0 Å². The van der Waals surface area contributed by atoms with Gasteiger partial charge in [0.25, 0.3) is 0 Å². The van der Waals surface area contributed by atoms with Crippen LogP contribution in [-0.2, 0) is 5.41 Å². The predicted octanol–water partition coefficient (Wildman–Crippen LogP) is 5.10. The van der Waals surface area contributed by atoms with E-state index >= 15 is 0 Å². The number of rotatable bonds is 1. The molecule has 0 saturated heterocycles. The zero-order valence-corrected chi connectivity index (χ0v) is 12.4. The van der Waals surface area contributed by atoms with E-state index in [-0.39, 0.29) is 5.41 Å². The van der Waals surface area contributed by atoms with Crippen LogP contribution in [0.5, 0.6) is 0 Å². The van der Waals surface area contributed by atoms with Crippen molar-refractivity contribution < 1.29 is 4.42 Å². The molecular weight excluding hydrogens is 246 g/mol. The van der Waals surface area contributed by atoms with Crippen molar-refractivity contribution in [2.45, 2.75) is 33.1 Å². The second kappa shape index (κ2) is 4.48. The highest BCUT2D eigenvalue weighted by Crippen LogP contribution is 2.30. The van der Waals surface area contributed by atoms with Gasteiger partial charge in [0, 0.05) is 5.56 Å². The summed E-state index contributed by atoms with van der Waals surface area (Å²) >= 11 is 0. The molecule has 20 heavy (non-hydrogen) atoms. The Morgan fingerprint density at radius 2 is 1.75 bits per heavy atom. The Hall–Kier alpha value is -2.09. The molecule has 0 fully saturated rings. The molecule has 2 heteroatoms. The van der Waals surface area contributed by atoms with Crippen molar-refractivity contribution in [1.82, 2.24) is 4.98 Å². The number of fused-ring (bicyclic) bond motifs is 1. The van der Waals surface area contributed by atoms with E-state index in [0.29, 0.717) is 5.89 Å². The number of aryl methyl sites for hydroxylation is 1. The first-order chi connectivity index (χ1) is 9.45. The number of hydrogen-bond donors (Lipinski definition) is 0. The van der Waals surface area contributed by atoms with E-state index in [0.717, 1.165) is 16.7 Å². The standard InChI is InChI=1S/C18H19NO/c1-12-7-5-6-8-14(12)17-19-15-11-13(18(2,3)4)9-10-16(15)20-17/h5-11H,1-4H3. The molecule has 0 aliphatic carbocycles. The Bertz CT molecular complexity index is 762. The molecule has 2 aromatic carbocycles. The molecule has 1 heterocycles. The highest BCUT2D eigenvalue weighted by Gasteiger charge is 2.16. The summed E-state index contributed by atoms with van der Waals surface area (Å²) in [5.74, 6) is 0.698. The van der Waals surface area contributed by atoms with Gasteiger partial charge in [-0.2, -0.15) is 0 Å². The maximum absolute atomic E-state index is 5.89. The lowest BCUT2D eigenvalue weighted by molar-refractivity contribution is 0.590. The van der Waals surface area contributed by atoms with Gasteiger partial charge in [0.05, 0.1) is 0 Å². The molecule has 0 atom stereocenters. The molecule has 0 unspecified atom stereocenters. The number of oxazole rings is 1. The molecule has 2 nitrogen and oxygen atoms in total. The third kappa shape index (κ3) is 2.22. The highest BCUT2D eigenvalue weighted by atomic mass is 16.3. The number of hydrogen-bond acceptors (Lipinski definition) is 2. The average Bonchev–Trinajstić information content (AvgIpc) is 2.80. The van der Waals surface area contributed by atoms with Crippen LogP contribution < -0.4 is 0 Å². The highest BCUT2D eigenvalue weighted by molar-refractivity contribution is 5.77. The quantitative estimate of drug-likeness (QED) is 0.611. The molecule has 0 N–H and O–H groups in total. The predicted molar refractivity (Wildman–Crippen MR) is 82.9 cm³/mol. The second-order valence-corrected chi connectivity index (χ2v) is 6.27. The minimum absolute atomic E-state index is 0.121. The third-order valence-electron chi connectivity index (χ3n) is 3.63. The van der Waals surface area contributed by atoms with Crippen molar-refractivity contribution in [3.63, 3.8) is 0 Å². The van der Waals surface area contributed by atoms with Gasteiger partial charge < -0.3 is 4.42 Å². The first-order valence-electron chi connectivity index (χ1n) is 6.92. The summed E-state index contributed by atoms with van der Waals surface area (Å²) in [7, 11) is 0. The van der Waals surface area contributed by atoms with Crippen molar-refractivity contribution in [2.24, 2.45) is 0 Å². The molecule has 0 bridgehead atoms. The van der Waals surface area contributed by atoms with Gasteiger partial charge in [-0.25, -0.2) is 4.98 Å². The van der Waals surface area contributed by atoms with E-state index in [1.54, 1.807) is 0 Å². The number of aromatic nitrogens is 1. The molecule has 0 radical (unpaired) electrons.